The van der Waals surface area contributed by atoms with E-state index in [4.69, 9.17) is 9.52 Å². The maximum atomic E-state index is 11.4. The van der Waals surface area contributed by atoms with Gasteiger partial charge in [-0.2, -0.15) is 0 Å². The van der Waals surface area contributed by atoms with Crippen molar-refractivity contribution in [1.82, 2.24) is 5.32 Å². The molecule has 0 aliphatic carbocycles. The molecule has 1 amide bonds. The Morgan fingerprint density at radius 3 is 2.94 bits per heavy atom. The Morgan fingerprint density at radius 2 is 2.29 bits per heavy atom. The van der Waals surface area contributed by atoms with Gasteiger partial charge < -0.3 is 14.8 Å². The fourth-order valence-electron chi connectivity index (χ4n) is 1.20. The first kappa shape index (κ1) is 13.6. The number of amides is 1. The van der Waals surface area contributed by atoms with Crippen LogP contribution in [0.3, 0.4) is 0 Å². The van der Waals surface area contributed by atoms with Crippen molar-refractivity contribution in [2.45, 2.75) is 12.8 Å². The number of carboxylic acid groups (broad SMARTS) is 1. The van der Waals surface area contributed by atoms with E-state index in [-0.39, 0.29) is 11.7 Å². The summed E-state index contributed by atoms with van der Waals surface area (Å²) in [7, 11) is 0. The van der Waals surface area contributed by atoms with Crippen LogP contribution >= 0.6 is 11.8 Å². The summed E-state index contributed by atoms with van der Waals surface area (Å²) in [4.78, 5) is 21.6. The Labute approximate surface area is 104 Å². The smallest absolute Gasteiger partial charge is 0.313 e. The highest BCUT2D eigenvalue weighted by molar-refractivity contribution is 7.99. The number of carboxylic acids is 1. The average molecular weight is 257 g/mol. The first-order chi connectivity index (χ1) is 8.18. The molecule has 6 heteroatoms. The number of nitrogens with one attached hydrogen (secondary N) is 1. The molecule has 5 nitrogen and oxygen atoms in total. The van der Waals surface area contributed by atoms with Crippen molar-refractivity contribution >= 4 is 23.6 Å². The second kappa shape index (κ2) is 7.78. The van der Waals surface area contributed by atoms with Crippen LogP contribution in [0.25, 0.3) is 0 Å². The molecule has 1 aromatic heterocycles. The van der Waals surface area contributed by atoms with E-state index in [1.165, 1.54) is 11.8 Å². The highest BCUT2D eigenvalue weighted by atomic mass is 32.2. The number of furan rings is 1. The van der Waals surface area contributed by atoms with Crippen molar-refractivity contribution < 1.29 is 19.1 Å². The molecule has 0 unspecified atom stereocenters. The standard InChI is InChI=1S/C11H15NO4S/c13-10(2-1-9-3-5-16-7-9)12-4-6-17-8-11(14)15/h3,5,7H,1-2,4,6,8H2,(H,12,13)(H,14,15). The number of hydrogen-bond donors (Lipinski definition) is 2. The first-order valence-corrected chi connectivity index (χ1v) is 6.41. The van der Waals surface area contributed by atoms with E-state index in [1.807, 2.05) is 6.07 Å². The van der Waals surface area contributed by atoms with Crippen LogP contribution in [0.5, 0.6) is 0 Å². The van der Waals surface area contributed by atoms with Gasteiger partial charge in [-0.05, 0) is 18.1 Å². The van der Waals surface area contributed by atoms with E-state index in [2.05, 4.69) is 5.32 Å². The summed E-state index contributed by atoms with van der Waals surface area (Å²) in [6.45, 7) is 0.502. The quantitative estimate of drug-likeness (QED) is 0.683. The Morgan fingerprint density at radius 1 is 1.47 bits per heavy atom. The highest BCUT2D eigenvalue weighted by Gasteiger charge is 2.03. The summed E-state index contributed by atoms with van der Waals surface area (Å²) in [6.07, 6.45) is 4.28. The van der Waals surface area contributed by atoms with Crippen molar-refractivity contribution in [2.75, 3.05) is 18.1 Å². The minimum absolute atomic E-state index is 0.0258. The summed E-state index contributed by atoms with van der Waals surface area (Å²) in [6, 6.07) is 1.83. The number of carbonyl (C=O) groups is 2. The maximum absolute atomic E-state index is 11.4. The third-order valence-corrected chi connectivity index (χ3v) is 2.96. The normalized spacial score (nSPS) is 10.1. The fourth-order valence-corrected chi connectivity index (χ4v) is 1.77. The lowest BCUT2D eigenvalue weighted by atomic mass is 10.2. The molecule has 2 N–H and O–H groups in total. The maximum Gasteiger partial charge on any atom is 0.313 e. The zero-order chi connectivity index (χ0) is 12.5. The van der Waals surface area contributed by atoms with Gasteiger partial charge >= 0.3 is 5.97 Å². The SMILES string of the molecule is O=C(O)CSCCNC(=O)CCc1ccoc1. The molecule has 0 spiro atoms. The number of aryl methyl sites for hydroxylation is 1. The van der Waals surface area contributed by atoms with Crippen molar-refractivity contribution in [3.8, 4) is 0 Å². The Bertz CT molecular complexity index is 350. The zero-order valence-electron chi connectivity index (χ0n) is 9.35. The van der Waals surface area contributed by atoms with Crippen LogP contribution in [0.1, 0.15) is 12.0 Å². The lowest BCUT2D eigenvalue weighted by Gasteiger charge is -2.03. The van der Waals surface area contributed by atoms with Crippen LogP contribution in [0.15, 0.2) is 23.0 Å². The molecule has 0 aliphatic rings. The van der Waals surface area contributed by atoms with E-state index in [1.54, 1.807) is 12.5 Å². The summed E-state index contributed by atoms with van der Waals surface area (Å²) < 4.78 is 4.89. The van der Waals surface area contributed by atoms with E-state index < -0.39 is 5.97 Å². The predicted octanol–water partition coefficient (Wildman–Crippen LogP) is 1.15. The van der Waals surface area contributed by atoms with Crippen LogP contribution < -0.4 is 5.32 Å². The second-order valence-electron chi connectivity index (χ2n) is 3.43. The van der Waals surface area contributed by atoms with E-state index in [0.29, 0.717) is 25.1 Å². The van der Waals surface area contributed by atoms with Gasteiger partial charge in [0.1, 0.15) is 0 Å². The second-order valence-corrected chi connectivity index (χ2v) is 4.53. The molecule has 1 heterocycles. The van der Waals surface area contributed by atoms with Crippen LogP contribution in [0.2, 0.25) is 0 Å². The third-order valence-electron chi connectivity index (χ3n) is 2.01. The van der Waals surface area contributed by atoms with Gasteiger partial charge in [0.05, 0.1) is 18.3 Å². The van der Waals surface area contributed by atoms with Crippen molar-refractivity contribution in [3.63, 3.8) is 0 Å². The Kier molecular flexibility index (Phi) is 6.24. The molecular weight excluding hydrogens is 242 g/mol. The summed E-state index contributed by atoms with van der Waals surface area (Å²) >= 11 is 1.29. The van der Waals surface area contributed by atoms with Crippen LogP contribution in [-0.2, 0) is 16.0 Å². The van der Waals surface area contributed by atoms with Crippen LogP contribution in [0, 0.1) is 0 Å². The molecule has 0 atom stereocenters. The molecule has 1 rings (SSSR count). The number of thioether (sulfide) groups is 1. The first-order valence-electron chi connectivity index (χ1n) is 5.26. The van der Waals surface area contributed by atoms with Gasteiger partial charge in [-0.15, -0.1) is 11.8 Å². The summed E-state index contributed by atoms with van der Waals surface area (Å²) in [5.74, 6) is -0.169. The van der Waals surface area contributed by atoms with E-state index in [0.717, 1.165) is 5.56 Å². The zero-order valence-corrected chi connectivity index (χ0v) is 10.2. The van der Waals surface area contributed by atoms with Gasteiger partial charge in [0.15, 0.2) is 0 Å². The molecule has 0 saturated carbocycles. The van der Waals surface area contributed by atoms with E-state index >= 15 is 0 Å². The Hall–Kier alpha value is -1.43. The van der Waals surface area contributed by atoms with Crippen LogP contribution in [0.4, 0.5) is 0 Å². The number of carbonyl (C=O) groups excluding carboxylic acids is 1. The van der Waals surface area contributed by atoms with Crippen molar-refractivity contribution in [3.05, 3.63) is 24.2 Å². The summed E-state index contributed by atoms with van der Waals surface area (Å²) in [5.41, 5.74) is 1.00. The largest absolute Gasteiger partial charge is 0.481 e. The van der Waals surface area contributed by atoms with Gasteiger partial charge in [-0.1, -0.05) is 0 Å². The van der Waals surface area contributed by atoms with Gasteiger partial charge in [-0.3, -0.25) is 9.59 Å². The molecular formula is C11H15NO4S. The molecule has 0 fully saturated rings. The van der Waals surface area contributed by atoms with Crippen molar-refractivity contribution in [1.29, 1.82) is 0 Å². The van der Waals surface area contributed by atoms with Gasteiger partial charge in [-0.25, -0.2) is 0 Å². The molecule has 0 radical (unpaired) electrons. The van der Waals surface area contributed by atoms with Crippen LogP contribution in [-0.4, -0.2) is 35.0 Å². The summed E-state index contributed by atoms with van der Waals surface area (Å²) in [5, 5.41) is 11.1. The average Bonchev–Trinajstić information content (AvgIpc) is 2.78. The Balaban J connectivity index is 2.00. The van der Waals surface area contributed by atoms with E-state index in [9.17, 15) is 9.59 Å². The molecule has 1 aromatic rings. The van der Waals surface area contributed by atoms with Gasteiger partial charge in [0, 0.05) is 18.7 Å². The van der Waals surface area contributed by atoms with Gasteiger partial charge in [0.25, 0.3) is 0 Å². The third kappa shape index (κ3) is 6.68. The minimum Gasteiger partial charge on any atom is -0.481 e. The molecule has 0 bridgehead atoms. The lowest BCUT2D eigenvalue weighted by Crippen LogP contribution is -2.26. The van der Waals surface area contributed by atoms with Crippen molar-refractivity contribution in [2.24, 2.45) is 0 Å². The number of rotatable bonds is 8. The molecule has 94 valence electrons. The molecule has 0 saturated heterocycles. The minimum atomic E-state index is -0.832. The molecule has 0 aromatic carbocycles. The molecule has 0 aliphatic heterocycles. The topological polar surface area (TPSA) is 79.5 Å². The predicted molar refractivity (Wildman–Crippen MR) is 65.0 cm³/mol. The monoisotopic (exact) mass is 257 g/mol. The van der Waals surface area contributed by atoms with Gasteiger partial charge in [0.2, 0.25) is 5.91 Å². The lowest BCUT2D eigenvalue weighted by molar-refractivity contribution is -0.133. The molecule has 17 heavy (non-hydrogen) atoms. The highest BCUT2D eigenvalue weighted by Crippen LogP contribution is 2.03. The number of hydrogen-bond acceptors (Lipinski definition) is 4. The fraction of sp³-hybridized carbons (Fsp3) is 0.455. The number of aliphatic carboxylic acids is 1.